The van der Waals surface area contributed by atoms with Crippen molar-refractivity contribution in [3.63, 3.8) is 0 Å². The first kappa shape index (κ1) is 18.7. The fourth-order valence-corrected chi connectivity index (χ4v) is 4.36. The van der Waals surface area contributed by atoms with Crippen molar-refractivity contribution in [3.05, 3.63) is 57.2 Å². The molecule has 7 nitrogen and oxygen atoms in total. The Labute approximate surface area is 171 Å². The lowest BCUT2D eigenvalue weighted by Crippen LogP contribution is -2.30. The van der Waals surface area contributed by atoms with E-state index in [1.54, 1.807) is 48.3 Å². The smallest absolute Gasteiger partial charge is 0.269 e. The van der Waals surface area contributed by atoms with E-state index in [1.165, 1.54) is 0 Å². The van der Waals surface area contributed by atoms with Crippen LogP contribution in [0.2, 0.25) is 0 Å². The molecule has 1 aliphatic rings. The number of fused-ring (bicyclic) bond motifs is 2. The van der Waals surface area contributed by atoms with Crippen LogP contribution in [0.15, 0.2) is 55.0 Å². The minimum atomic E-state index is -0.375. The molecule has 0 atom stereocenters. The number of nitrogens with zero attached hydrogens (tertiary/aromatic N) is 2. The maximum atomic E-state index is 13.6. The molecule has 0 saturated heterocycles. The van der Waals surface area contributed by atoms with Crippen molar-refractivity contribution in [2.75, 3.05) is 7.11 Å². The highest BCUT2D eigenvalue weighted by Gasteiger charge is 2.25. The molecule has 1 saturated carbocycles. The van der Waals surface area contributed by atoms with Crippen LogP contribution in [-0.4, -0.2) is 16.7 Å². The molecule has 1 aromatic carbocycles. The molecule has 0 spiro atoms. The van der Waals surface area contributed by atoms with Gasteiger partial charge in [0.2, 0.25) is 11.1 Å². The van der Waals surface area contributed by atoms with Gasteiger partial charge in [0.15, 0.2) is 17.0 Å². The van der Waals surface area contributed by atoms with E-state index in [0.29, 0.717) is 28.3 Å². The molecule has 0 aliphatic heterocycles. The molecule has 3 heterocycles. The second-order valence-corrected chi connectivity index (χ2v) is 7.71. The predicted molar refractivity (Wildman–Crippen MR) is 113 cm³/mol. The van der Waals surface area contributed by atoms with Gasteiger partial charge in [-0.25, -0.2) is 0 Å². The standard InChI is InChI=1S/C23H22N2O5/c1-28-15-10-11-16-18(13-15)30-22-19(20(16)26)23(27)25(14-7-4-2-3-5-8-14)21(24-22)17-9-6-12-29-17/h6,9-14H,2-5,7-8H2,1H3. The second-order valence-electron chi connectivity index (χ2n) is 7.71. The predicted octanol–water partition coefficient (Wildman–Crippen LogP) is 4.67. The van der Waals surface area contributed by atoms with Gasteiger partial charge in [-0.1, -0.05) is 25.7 Å². The topological polar surface area (TPSA) is 87.5 Å². The van der Waals surface area contributed by atoms with Crippen LogP contribution in [0.5, 0.6) is 5.75 Å². The molecule has 0 unspecified atom stereocenters. The zero-order valence-corrected chi connectivity index (χ0v) is 16.7. The van der Waals surface area contributed by atoms with E-state index < -0.39 is 0 Å². The van der Waals surface area contributed by atoms with Gasteiger partial charge in [-0.15, -0.1) is 0 Å². The van der Waals surface area contributed by atoms with Gasteiger partial charge in [0.1, 0.15) is 11.3 Å². The van der Waals surface area contributed by atoms with Crippen molar-refractivity contribution in [2.24, 2.45) is 0 Å². The minimum Gasteiger partial charge on any atom is -0.497 e. The number of ether oxygens (including phenoxy) is 1. The third-order valence-corrected chi connectivity index (χ3v) is 5.88. The van der Waals surface area contributed by atoms with Gasteiger partial charge in [-0.2, -0.15) is 4.98 Å². The molecule has 0 amide bonds. The van der Waals surface area contributed by atoms with Crippen molar-refractivity contribution in [2.45, 2.75) is 44.6 Å². The Hall–Kier alpha value is -3.35. The first-order chi connectivity index (χ1) is 14.7. The minimum absolute atomic E-state index is 0.0158. The lowest BCUT2D eigenvalue weighted by atomic mass is 10.1. The van der Waals surface area contributed by atoms with Crippen LogP contribution in [0.3, 0.4) is 0 Å². The van der Waals surface area contributed by atoms with Crippen molar-refractivity contribution in [3.8, 4) is 17.3 Å². The molecule has 154 valence electrons. The van der Waals surface area contributed by atoms with Crippen LogP contribution in [0.25, 0.3) is 33.7 Å². The normalized spacial score (nSPS) is 15.5. The van der Waals surface area contributed by atoms with Crippen LogP contribution in [0.1, 0.15) is 44.6 Å². The van der Waals surface area contributed by atoms with Crippen molar-refractivity contribution in [1.29, 1.82) is 0 Å². The Kier molecular flexibility index (Phi) is 4.65. The molecule has 5 rings (SSSR count). The van der Waals surface area contributed by atoms with E-state index in [0.717, 1.165) is 38.5 Å². The lowest BCUT2D eigenvalue weighted by Gasteiger charge is -2.20. The Morgan fingerprint density at radius 3 is 2.60 bits per heavy atom. The summed E-state index contributed by atoms with van der Waals surface area (Å²) in [5.41, 5.74) is -0.400. The van der Waals surface area contributed by atoms with Gasteiger partial charge in [0.05, 0.1) is 18.8 Å². The van der Waals surface area contributed by atoms with Crippen molar-refractivity contribution < 1.29 is 13.6 Å². The number of hydrogen-bond donors (Lipinski definition) is 0. The summed E-state index contributed by atoms with van der Waals surface area (Å²) in [7, 11) is 1.54. The number of aromatic nitrogens is 2. The first-order valence-electron chi connectivity index (χ1n) is 10.3. The van der Waals surface area contributed by atoms with Crippen LogP contribution in [-0.2, 0) is 0 Å². The third-order valence-electron chi connectivity index (χ3n) is 5.88. The van der Waals surface area contributed by atoms with Gasteiger partial charge in [-0.3, -0.25) is 14.2 Å². The average Bonchev–Trinajstić information content (AvgIpc) is 3.16. The Bertz CT molecular complexity index is 1330. The molecule has 30 heavy (non-hydrogen) atoms. The zero-order chi connectivity index (χ0) is 20.7. The highest BCUT2D eigenvalue weighted by atomic mass is 16.5. The van der Waals surface area contributed by atoms with E-state index >= 15 is 0 Å². The summed E-state index contributed by atoms with van der Waals surface area (Å²) in [6.07, 6.45) is 7.67. The molecule has 3 aromatic heterocycles. The summed E-state index contributed by atoms with van der Waals surface area (Å²) in [4.78, 5) is 31.5. The van der Waals surface area contributed by atoms with Gasteiger partial charge in [0, 0.05) is 12.1 Å². The van der Waals surface area contributed by atoms with E-state index in [4.69, 9.17) is 13.6 Å². The van der Waals surface area contributed by atoms with E-state index in [1.807, 2.05) is 0 Å². The van der Waals surface area contributed by atoms with Crippen LogP contribution >= 0.6 is 0 Å². The van der Waals surface area contributed by atoms with Gasteiger partial charge < -0.3 is 13.6 Å². The SMILES string of the molecule is COc1ccc2c(=O)c3c(=O)n(C4CCCCCC4)c(-c4ccco4)nc3oc2c1. The third kappa shape index (κ3) is 3.01. The summed E-state index contributed by atoms with van der Waals surface area (Å²) in [5.74, 6) is 1.43. The summed E-state index contributed by atoms with van der Waals surface area (Å²) in [6.45, 7) is 0. The van der Waals surface area contributed by atoms with Gasteiger partial charge in [-0.05, 0) is 37.1 Å². The molecule has 0 bridgehead atoms. The van der Waals surface area contributed by atoms with Gasteiger partial charge >= 0.3 is 0 Å². The number of methoxy groups -OCH3 is 1. The molecule has 1 aliphatic carbocycles. The maximum absolute atomic E-state index is 13.6. The van der Waals surface area contributed by atoms with E-state index in [-0.39, 0.29) is 28.1 Å². The molecular weight excluding hydrogens is 384 g/mol. The van der Waals surface area contributed by atoms with Crippen LogP contribution in [0, 0.1) is 0 Å². The fraction of sp³-hybridized carbons (Fsp3) is 0.348. The quantitative estimate of drug-likeness (QED) is 0.363. The lowest BCUT2D eigenvalue weighted by molar-refractivity contribution is 0.414. The second kappa shape index (κ2) is 7.48. The summed E-state index contributed by atoms with van der Waals surface area (Å²) < 4.78 is 18.4. The molecule has 1 fully saturated rings. The first-order valence-corrected chi connectivity index (χ1v) is 10.3. The molecule has 7 heteroatoms. The summed E-state index contributed by atoms with van der Waals surface area (Å²) >= 11 is 0. The molecule has 4 aromatic rings. The Balaban J connectivity index is 1.85. The maximum Gasteiger partial charge on any atom is 0.269 e. The number of hydrogen-bond acceptors (Lipinski definition) is 6. The number of furan rings is 1. The Morgan fingerprint density at radius 2 is 1.90 bits per heavy atom. The summed E-state index contributed by atoms with van der Waals surface area (Å²) in [5, 5.41) is 0.313. The number of rotatable bonds is 3. The van der Waals surface area contributed by atoms with Crippen LogP contribution in [0.4, 0.5) is 0 Å². The highest BCUT2D eigenvalue weighted by molar-refractivity contribution is 5.88. The monoisotopic (exact) mass is 406 g/mol. The van der Waals surface area contributed by atoms with Gasteiger partial charge in [0.25, 0.3) is 5.56 Å². The van der Waals surface area contributed by atoms with Crippen LogP contribution < -0.4 is 15.7 Å². The summed E-state index contributed by atoms with van der Waals surface area (Å²) in [6, 6.07) is 8.42. The molecular formula is C23H22N2O5. The molecule has 0 N–H and O–H groups in total. The average molecular weight is 406 g/mol. The largest absolute Gasteiger partial charge is 0.497 e. The number of benzene rings is 1. The van der Waals surface area contributed by atoms with Crippen molar-refractivity contribution in [1.82, 2.24) is 9.55 Å². The highest BCUT2D eigenvalue weighted by Crippen LogP contribution is 2.31. The van der Waals surface area contributed by atoms with E-state index in [2.05, 4.69) is 4.98 Å². The molecule has 0 radical (unpaired) electrons. The Morgan fingerprint density at radius 1 is 1.10 bits per heavy atom. The fourth-order valence-electron chi connectivity index (χ4n) is 4.36. The zero-order valence-electron chi connectivity index (χ0n) is 16.7. The van der Waals surface area contributed by atoms with E-state index in [9.17, 15) is 9.59 Å². The van der Waals surface area contributed by atoms with Crippen molar-refractivity contribution >= 4 is 22.1 Å².